The number of thiazole rings is 2. The van der Waals surface area contributed by atoms with Crippen LogP contribution < -0.4 is 5.73 Å². The maximum absolute atomic E-state index is 12.2. The number of carbonyl (C=O) groups excluding carboxylic acids is 1. The third-order valence-corrected chi connectivity index (χ3v) is 5.03. The van der Waals surface area contributed by atoms with Crippen molar-refractivity contribution in [3.63, 3.8) is 0 Å². The lowest BCUT2D eigenvalue weighted by Crippen LogP contribution is -2.17. The van der Waals surface area contributed by atoms with Crippen molar-refractivity contribution in [2.24, 2.45) is 5.16 Å². The summed E-state index contributed by atoms with van der Waals surface area (Å²) >= 11 is 3.51. The summed E-state index contributed by atoms with van der Waals surface area (Å²) in [4.78, 5) is 25.2. The fraction of sp³-hybridized carbons (Fsp3) is 0.0769. The van der Waals surface area contributed by atoms with E-state index in [2.05, 4.69) is 20.0 Å². The van der Waals surface area contributed by atoms with E-state index >= 15 is 0 Å². The molecule has 7 nitrogen and oxygen atoms in total. The fourth-order valence-corrected chi connectivity index (χ4v) is 3.79. The Morgan fingerprint density at radius 2 is 2.17 bits per heavy atom. The minimum atomic E-state index is -0.679. The van der Waals surface area contributed by atoms with E-state index in [0.717, 1.165) is 22.3 Å². The normalized spacial score (nSPS) is 11.6. The summed E-state index contributed by atoms with van der Waals surface area (Å²) < 4.78 is 6.81. The molecule has 3 aromatic rings. The standard InChI is InChI=1S/C13H10N4O3S3/c1-19-17-10(8-6-21-12(14)15-8)11(18)20-23-13-16-7-4-2-3-5-9(7)22-13/h2-6H,1H3,(H2,14,15). The summed E-state index contributed by atoms with van der Waals surface area (Å²) in [5.41, 5.74) is 6.68. The van der Waals surface area contributed by atoms with Crippen molar-refractivity contribution < 1.29 is 13.8 Å². The van der Waals surface area contributed by atoms with Crippen LogP contribution >= 0.6 is 34.7 Å². The number of rotatable bonds is 5. The second kappa shape index (κ2) is 6.94. The first kappa shape index (κ1) is 15.7. The molecule has 0 unspecified atom stereocenters. The minimum Gasteiger partial charge on any atom is -0.398 e. The van der Waals surface area contributed by atoms with Gasteiger partial charge in [0, 0.05) is 5.38 Å². The molecule has 10 heteroatoms. The van der Waals surface area contributed by atoms with E-state index in [1.54, 1.807) is 5.38 Å². The van der Waals surface area contributed by atoms with Crippen molar-refractivity contribution >= 4 is 61.7 Å². The Kier molecular flexibility index (Phi) is 4.74. The molecule has 0 bridgehead atoms. The summed E-state index contributed by atoms with van der Waals surface area (Å²) in [7, 11) is 1.34. The van der Waals surface area contributed by atoms with Crippen LogP contribution in [0.4, 0.5) is 5.13 Å². The molecule has 1 aromatic carbocycles. The van der Waals surface area contributed by atoms with Crippen molar-refractivity contribution in [3.05, 3.63) is 35.3 Å². The van der Waals surface area contributed by atoms with Gasteiger partial charge in [-0.1, -0.05) is 17.3 Å². The Morgan fingerprint density at radius 3 is 2.87 bits per heavy atom. The molecule has 2 heterocycles. The number of fused-ring (bicyclic) bond motifs is 1. The Morgan fingerprint density at radius 1 is 1.35 bits per heavy atom. The third-order valence-electron chi connectivity index (χ3n) is 2.60. The SMILES string of the molecule is CON=C(C(=O)OSc1nc2ccccc2s1)c1csc(N)n1. The van der Waals surface area contributed by atoms with Gasteiger partial charge in [-0.25, -0.2) is 14.8 Å². The fourth-order valence-electron chi connectivity index (χ4n) is 1.68. The van der Waals surface area contributed by atoms with Crippen LogP contribution in [-0.2, 0) is 13.8 Å². The molecule has 0 atom stereocenters. The molecule has 3 rings (SSSR count). The van der Waals surface area contributed by atoms with Crippen molar-refractivity contribution in [3.8, 4) is 0 Å². The van der Waals surface area contributed by atoms with E-state index < -0.39 is 5.97 Å². The number of hydrogen-bond acceptors (Lipinski definition) is 10. The Balaban J connectivity index is 1.73. The first-order chi connectivity index (χ1) is 11.2. The van der Waals surface area contributed by atoms with E-state index in [1.807, 2.05) is 24.3 Å². The number of aromatic nitrogens is 2. The maximum atomic E-state index is 12.2. The van der Waals surface area contributed by atoms with E-state index in [9.17, 15) is 4.79 Å². The van der Waals surface area contributed by atoms with Crippen molar-refractivity contribution in [1.82, 2.24) is 9.97 Å². The van der Waals surface area contributed by atoms with Crippen molar-refractivity contribution in [1.29, 1.82) is 0 Å². The third kappa shape index (κ3) is 3.60. The lowest BCUT2D eigenvalue weighted by molar-refractivity contribution is -0.125. The molecular weight excluding hydrogens is 356 g/mol. The van der Waals surface area contributed by atoms with Gasteiger partial charge >= 0.3 is 5.97 Å². The second-order valence-corrected chi connectivity index (χ2v) is 6.99. The first-order valence-electron chi connectivity index (χ1n) is 6.24. The molecule has 0 spiro atoms. The average molecular weight is 366 g/mol. The molecule has 118 valence electrons. The molecule has 0 aliphatic heterocycles. The lowest BCUT2D eigenvalue weighted by Gasteiger charge is -2.01. The largest absolute Gasteiger partial charge is 0.398 e. The smallest absolute Gasteiger partial charge is 0.375 e. The number of nitrogen functional groups attached to an aromatic ring is 1. The highest BCUT2D eigenvalue weighted by Gasteiger charge is 2.21. The predicted molar refractivity (Wildman–Crippen MR) is 91.6 cm³/mol. The molecular formula is C13H10N4O3S3. The van der Waals surface area contributed by atoms with Gasteiger partial charge in [-0.3, -0.25) is 0 Å². The number of anilines is 1. The number of para-hydroxylation sites is 1. The quantitative estimate of drug-likeness (QED) is 0.421. The zero-order chi connectivity index (χ0) is 16.2. The summed E-state index contributed by atoms with van der Waals surface area (Å²) in [5.74, 6) is -0.679. The number of carbonyl (C=O) groups is 1. The van der Waals surface area contributed by atoms with Crippen LogP contribution in [0.15, 0.2) is 39.1 Å². The van der Waals surface area contributed by atoms with Crippen LogP contribution in [0, 0.1) is 0 Å². The minimum absolute atomic E-state index is 0.0472. The molecule has 0 fully saturated rings. The van der Waals surface area contributed by atoms with E-state index in [1.165, 1.54) is 29.8 Å². The van der Waals surface area contributed by atoms with Crippen LogP contribution in [0.3, 0.4) is 0 Å². The van der Waals surface area contributed by atoms with Crippen molar-refractivity contribution in [2.75, 3.05) is 12.8 Å². The summed E-state index contributed by atoms with van der Waals surface area (Å²) in [6.45, 7) is 0. The molecule has 0 aliphatic rings. The lowest BCUT2D eigenvalue weighted by atomic mass is 10.3. The number of oxime groups is 1. The molecule has 23 heavy (non-hydrogen) atoms. The maximum Gasteiger partial charge on any atom is 0.375 e. The van der Waals surface area contributed by atoms with E-state index in [0.29, 0.717) is 15.2 Å². The Labute approximate surface area is 143 Å². The molecule has 2 N–H and O–H groups in total. The van der Waals surface area contributed by atoms with Gasteiger partial charge in [0.25, 0.3) is 0 Å². The number of benzene rings is 1. The van der Waals surface area contributed by atoms with E-state index in [4.69, 9.17) is 9.92 Å². The Bertz CT molecular complexity index is 841. The topological polar surface area (TPSA) is 99.7 Å². The molecule has 0 amide bonds. The van der Waals surface area contributed by atoms with Gasteiger partial charge in [-0.2, -0.15) is 0 Å². The second-order valence-electron chi connectivity index (χ2n) is 4.10. The zero-order valence-electron chi connectivity index (χ0n) is 11.8. The van der Waals surface area contributed by atoms with Crippen LogP contribution in [-0.4, -0.2) is 28.8 Å². The van der Waals surface area contributed by atoms with E-state index in [-0.39, 0.29) is 5.71 Å². The summed E-state index contributed by atoms with van der Waals surface area (Å²) in [6, 6.07) is 7.68. The van der Waals surface area contributed by atoms with Crippen LogP contribution in [0.2, 0.25) is 0 Å². The monoisotopic (exact) mass is 366 g/mol. The van der Waals surface area contributed by atoms with Gasteiger partial charge in [0.2, 0.25) is 5.71 Å². The molecule has 2 aromatic heterocycles. The predicted octanol–water partition coefficient (Wildman–Crippen LogP) is 2.94. The molecule has 0 aliphatic carbocycles. The summed E-state index contributed by atoms with van der Waals surface area (Å²) in [5, 5.41) is 5.60. The van der Waals surface area contributed by atoms with Crippen LogP contribution in [0.1, 0.15) is 5.69 Å². The first-order valence-corrected chi connectivity index (χ1v) is 8.68. The highest BCUT2D eigenvalue weighted by atomic mass is 32.2. The number of nitrogens with two attached hydrogens (primary N) is 1. The zero-order valence-corrected chi connectivity index (χ0v) is 14.2. The Hall–Kier alpha value is -2.17. The number of hydrogen-bond donors (Lipinski definition) is 1. The molecule has 0 saturated heterocycles. The van der Waals surface area contributed by atoms with Crippen LogP contribution in [0.25, 0.3) is 10.2 Å². The van der Waals surface area contributed by atoms with Gasteiger partial charge in [-0.15, -0.1) is 22.7 Å². The van der Waals surface area contributed by atoms with Gasteiger partial charge in [0.05, 0.1) is 10.2 Å². The van der Waals surface area contributed by atoms with Gasteiger partial charge in [0.1, 0.15) is 24.8 Å². The van der Waals surface area contributed by atoms with Gasteiger partial charge in [0.15, 0.2) is 9.47 Å². The van der Waals surface area contributed by atoms with Crippen molar-refractivity contribution in [2.45, 2.75) is 4.34 Å². The summed E-state index contributed by atoms with van der Waals surface area (Å²) in [6.07, 6.45) is 0. The van der Waals surface area contributed by atoms with Crippen LogP contribution in [0.5, 0.6) is 0 Å². The highest BCUT2D eigenvalue weighted by Crippen LogP contribution is 2.30. The average Bonchev–Trinajstić information content (AvgIpc) is 3.15. The molecule has 0 radical (unpaired) electrons. The van der Waals surface area contributed by atoms with Gasteiger partial charge in [-0.05, 0) is 12.1 Å². The molecule has 0 saturated carbocycles. The van der Waals surface area contributed by atoms with Gasteiger partial charge < -0.3 is 14.8 Å². The highest BCUT2D eigenvalue weighted by molar-refractivity contribution is 7.97. The number of nitrogens with zero attached hydrogens (tertiary/aromatic N) is 3.